The highest BCUT2D eigenvalue weighted by Crippen LogP contribution is 2.32. The Hall–Kier alpha value is -2.45. The summed E-state index contributed by atoms with van der Waals surface area (Å²) >= 11 is 3.29. The Bertz CT molecular complexity index is 1180. The van der Waals surface area contributed by atoms with Crippen LogP contribution in [0.4, 0.5) is 0 Å². The number of carbonyl (C=O) groups excluding carboxylic acids is 2. The van der Waals surface area contributed by atoms with Gasteiger partial charge >= 0.3 is 0 Å². The van der Waals surface area contributed by atoms with Crippen LogP contribution in [-0.2, 0) is 10.0 Å². The zero-order valence-electron chi connectivity index (χ0n) is 17.3. The Morgan fingerprint density at radius 3 is 2.03 bits per heavy atom. The summed E-state index contributed by atoms with van der Waals surface area (Å²) in [6.07, 6.45) is 1.02. The number of fused-ring (bicyclic) bond motifs is 1. The second-order valence-corrected chi connectivity index (χ2v) is 10.9. The number of likely N-dealkylation sites (tertiary alicyclic amines) is 1. The number of allylic oxidation sites excluding steroid dienone is 2. The molecule has 1 aliphatic carbocycles. The minimum atomic E-state index is -4.06. The van der Waals surface area contributed by atoms with E-state index in [4.69, 9.17) is 0 Å². The van der Waals surface area contributed by atoms with Gasteiger partial charge in [0.05, 0.1) is 4.90 Å². The van der Waals surface area contributed by atoms with Crippen LogP contribution in [0.2, 0.25) is 0 Å². The molecule has 2 aliphatic rings. The number of rotatable bonds is 4. The zero-order valence-corrected chi connectivity index (χ0v) is 19.7. The summed E-state index contributed by atoms with van der Waals surface area (Å²) in [5, 5.41) is 0. The highest BCUT2D eigenvalue weighted by atomic mass is 79.9. The van der Waals surface area contributed by atoms with Crippen LogP contribution in [0.5, 0.6) is 0 Å². The van der Waals surface area contributed by atoms with Crippen molar-refractivity contribution in [3.63, 3.8) is 0 Å². The number of sulfonamides is 1. The molecule has 1 heterocycles. The van der Waals surface area contributed by atoms with Crippen molar-refractivity contribution in [2.45, 2.75) is 25.2 Å². The number of carbonyl (C=O) groups is 2. The molecule has 2 atom stereocenters. The van der Waals surface area contributed by atoms with Gasteiger partial charge in [-0.3, -0.25) is 14.3 Å². The molecule has 1 aliphatic heterocycles. The maximum absolute atomic E-state index is 13.5. The molecule has 2 aromatic rings. The molecule has 0 spiro atoms. The molecule has 6 nitrogen and oxygen atoms in total. The standard InChI is InChI=1S/C23H23BrN2O4S/c1-14-11-15(2)13-26(12-14)21-20(22(27)18-5-3-4-6-19(18)23(21)28)25-31(29,30)17-9-7-16(24)8-10-17/h3-10,14-15,25H,11-13H2,1-2H3/t14-,15-/m1/s1. The molecule has 1 fully saturated rings. The molecule has 0 bridgehead atoms. The highest BCUT2D eigenvalue weighted by molar-refractivity contribution is 9.10. The number of hydrogen-bond acceptors (Lipinski definition) is 5. The van der Waals surface area contributed by atoms with E-state index in [0.717, 1.165) is 10.9 Å². The molecule has 31 heavy (non-hydrogen) atoms. The summed E-state index contributed by atoms with van der Waals surface area (Å²) in [6, 6.07) is 12.7. The molecular formula is C23H23BrN2O4S. The fourth-order valence-electron chi connectivity index (χ4n) is 4.41. The second-order valence-electron chi connectivity index (χ2n) is 8.34. The van der Waals surface area contributed by atoms with E-state index in [0.29, 0.717) is 30.5 Å². The van der Waals surface area contributed by atoms with Gasteiger partial charge in [-0.1, -0.05) is 54.0 Å². The van der Waals surface area contributed by atoms with Crippen molar-refractivity contribution >= 4 is 37.5 Å². The lowest BCUT2D eigenvalue weighted by molar-refractivity contribution is 0.0900. The van der Waals surface area contributed by atoms with E-state index in [-0.39, 0.29) is 27.6 Å². The molecule has 4 rings (SSSR count). The van der Waals surface area contributed by atoms with Crippen LogP contribution in [0.25, 0.3) is 0 Å². The van der Waals surface area contributed by atoms with Gasteiger partial charge in [0.2, 0.25) is 11.6 Å². The van der Waals surface area contributed by atoms with Crippen molar-refractivity contribution in [3.05, 3.63) is 75.5 Å². The lowest BCUT2D eigenvalue weighted by Gasteiger charge is -2.39. The molecule has 8 heteroatoms. The predicted molar refractivity (Wildman–Crippen MR) is 121 cm³/mol. The van der Waals surface area contributed by atoms with Crippen LogP contribution < -0.4 is 4.72 Å². The van der Waals surface area contributed by atoms with Gasteiger partial charge in [-0.2, -0.15) is 0 Å². The number of benzene rings is 2. The maximum atomic E-state index is 13.5. The first-order valence-corrected chi connectivity index (χ1v) is 12.4. The average Bonchev–Trinajstić information content (AvgIpc) is 2.71. The fourth-order valence-corrected chi connectivity index (χ4v) is 5.75. The third kappa shape index (κ3) is 4.19. The van der Waals surface area contributed by atoms with Gasteiger partial charge in [-0.05, 0) is 42.5 Å². The van der Waals surface area contributed by atoms with Crippen LogP contribution >= 0.6 is 15.9 Å². The molecule has 0 saturated carbocycles. The number of Topliss-reactive ketones (excluding diaryl/α,β-unsaturated/α-hetero) is 2. The lowest BCUT2D eigenvalue weighted by atomic mass is 9.86. The van der Waals surface area contributed by atoms with Crippen LogP contribution in [0, 0.1) is 11.8 Å². The summed E-state index contributed by atoms with van der Waals surface area (Å²) in [5.74, 6) is -0.178. The van der Waals surface area contributed by atoms with Crippen LogP contribution in [0.3, 0.4) is 0 Å². The maximum Gasteiger partial charge on any atom is 0.262 e. The summed E-state index contributed by atoms with van der Waals surface area (Å²) in [7, 11) is -4.06. The Morgan fingerprint density at radius 2 is 1.45 bits per heavy atom. The quantitative estimate of drug-likeness (QED) is 0.682. The van der Waals surface area contributed by atoms with Crippen molar-refractivity contribution in [2.24, 2.45) is 11.8 Å². The van der Waals surface area contributed by atoms with Gasteiger partial charge < -0.3 is 4.90 Å². The largest absolute Gasteiger partial charge is 0.366 e. The zero-order chi connectivity index (χ0) is 22.3. The third-order valence-corrected chi connectivity index (χ3v) is 7.53. The number of halogens is 1. The van der Waals surface area contributed by atoms with Crippen molar-refractivity contribution in [1.82, 2.24) is 9.62 Å². The van der Waals surface area contributed by atoms with Crippen LogP contribution in [-0.4, -0.2) is 38.0 Å². The number of ketones is 2. The van der Waals surface area contributed by atoms with Crippen molar-refractivity contribution in [1.29, 1.82) is 0 Å². The van der Waals surface area contributed by atoms with Crippen molar-refractivity contribution in [2.75, 3.05) is 13.1 Å². The smallest absolute Gasteiger partial charge is 0.262 e. The molecule has 0 amide bonds. The third-order valence-electron chi connectivity index (χ3n) is 5.64. The van der Waals surface area contributed by atoms with Gasteiger partial charge in [0.1, 0.15) is 11.4 Å². The molecule has 0 aromatic heterocycles. The molecule has 162 valence electrons. The Kier molecular flexibility index (Phi) is 5.79. The predicted octanol–water partition coefficient (Wildman–Crippen LogP) is 4.00. The molecule has 1 saturated heterocycles. The Labute approximate surface area is 190 Å². The Morgan fingerprint density at radius 1 is 0.903 bits per heavy atom. The minimum Gasteiger partial charge on any atom is -0.366 e. The monoisotopic (exact) mass is 502 g/mol. The highest BCUT2D eigenvalue weighted by Gasteiger charge is 2.38. The first kappa shape index (κ1) is 21.8. The molecule has 1 N–H and O–H groups in total. The average molecular weight is 503 g/mol. The summed E-state index contributed by atoms with van der Waals surface area (Å²) in [6.45, 7) is 5.37. The normalized spacial score (nSPS) is 21.8. The van der Waals surface area contributed by atoms with E-state index in [9.17, 15) is 18.0 Å². The number of hydrogen-bond donors (Lipinski definition) is 1. The first-order chi connectivity index (χ1) is 14.7. The van der Waals surface area contributed by atoms with E-state index < -0.39 is 15.8 Å². The molecular weight excluding hydrogens is 480 g/mol. The van der Waals surface area contributed by atoms with Crippen LogP contribution in [0.1, 0.15) is 41.0 Å². The van der Waals surface area contributed by atoms with Crippen molar-refractivity contribution in [3.8, 4) is 0 Å². The number of nitrogens with zero attached hydrogens (tertiary/aromatic N) is 1. The van der Waals surface area contributed by atoms with E-state index in [1.54, 1.807) is 36.4 Å². The van der Waals surface area contributed by atoms with E-state index in [2.05, 4.69) is 34.5 Å². The van der Waals surface area contributed by atoms with E-state index in [1.165, 1.54) is 12.1 Å². The van der Waals surface area contributed by atoms with Gasteiger partial charge in [-0.15, -0.1) is 0 Å². The van der Waals surface area contributed by atoms with Crippen molar-refractivity contribution < 1.29 is 18.0 Å². The van der Waals surface area contributed by atoms with Crippen LogP contribution in [0.15, 0.2) is 69.3 Å². The second kappa shape index (κ2) is 8.24. The fraction of sp³-hybridized carbons (Fsp3) is 0.304. The van der Waals surface area contributed by atoms with Gasteiger partial charge in [0.25, 0.3) is 10.0 Å². The Balaban J connectivity index is 1.84. The molecule has 0 radical (unpaired) electrons. The first-order valence-electron chi connectivity index (χ1n) is 10.1. The summed E-state index contributed by atoms with van der Waals surface area (Å²) in [5.41, 5.74) is 0.485. The molecule has 2 aromatic carbocycles. The number of nitrogens with one attached hydrogen (secondary N) is 1. The lowest BCUT2D eigenvalue weighted by Crippen LogP contribution is -2.45. The summed E-state index contributed by atoms with van der Waals surface area (Å²) < 4.78 is 29.4. The van der Waals surface area contributed by atoms with Gasteiger partial charge in [0.15, 0.2) is 0 Å². The SMILES string of the molecule is C[C@@H]1C[C@@H](C)CN(C2=C(NS(=O)(=O)c3ccc(Br)cc3)C(=O)c3ccccc3C2=O)C1. The van der Waals surface area contributed by atoms with Gasteiger partial charge in [0, 0.05) is 28.7 Å². The van der Waals surface area contributed by atoms with Gasteiger partial charge in [-0.25, -0.2) is 8.42 Å². The van der Waals surface area contributed by atoms with E-state index in [1.807, 2.05) is 4.90 Å². The molecule has 0 unspecified atom stereocenters. The minimum absolute atomic E-state index is 0.0158. The number of piperidine rings is 1. The topological polar surface area (TPSA) is 83.6 Å². The van der Waals surface area contributed by atoms with E-state index >= 15 is 0 Å². The summed E-state index contributed by atoms with van der Waals surface area (Å²) in [4.78, 5) is 28.7.